The van der Waals surface area contributed by atoms with Crippen LogP contribution in [-0.2, 0) is 0 Å². The highest BCUT2D eigenvalue weighted by Crippen LogP contribution is 2.19. The van der Waals surface area contributed by atoms with E-state index in [2.05, 4.69) is 33.0 Å². The number of halogens is 2. The van der Waals surface area contributed by atoms with Crippen LogP contribution in [0.1, 0.15) is 33.3 Å². The smallest absolute Gasteiger partial charge is 0.142 e. The third-order valence-electron chi connectivity index (χ3n) is 2.75. The van der Waals surface area contributed by atoms with Gasteiger partial charge in [-0.1, -0.05) is 57.0 Å². The molecule has 0 unspecified atom stereocenters. The molecule has 100 valence electrons. The first kappa shape index (κ1) is 15.2. The van der Waals surface area contributed by atoms with Crippen molar-refractivity contribution in [1.29, 1.82) is 0 Å². The molecule has 0 aliphatic carbocycles. The summed E-state index contributed by atoms with van der Waals surface area (Å²) in [5.41, 5.74) is 2.11. The fraction of sp³-hybridized carbons (Fsp3) is 0.467. The van der Waals surface area contributed by atoms with E-state index in [4.69, 9.17) is 11.6 Å². The number of nitrogens with one attached hydrogen (secondary N) is 1. The van der Waals surface area contributed by atoms with Crippen molar-refractivity contribution in [2.24, 2.45) is 5.92 Å². The molecular formula is C15H21ClFN. The van der Waals surface area contributed by atoms with Crippen molar-refractivity contribution in [3.63, 3.8) is 0 Å². The average Bonchev–Trinajstić information content (AvgIpc) is 2.28. The third kappa shape index (κ3) is 4.79. The van der Waals surface area contributed by atoms with Crippen molar-refractivity contribution >= 4 is 17.7 Å². The van der Waals surface area contributed by atoms with E-state index in [1.165, 1.54) is 11.6 Å². The minimum Gasteiger partial charge on any atom is -0.311 e. The van der Waals surface area contributed by atoms with E-state index in [0.717, 1.165) is 12.1 Å². The van der Waals surface area contributed by atoms with Gasteiger partial charge in [0.1, 0.15) is 5.82 Å². The standard InChI is InChI=1S/C15H21ClFN/c1-10(2)13(9-18-11(3)4)7-12-5-6-14(16)15(17)8-12/h5-8,10-11,18H,9H2,1-4H3. The molecule has 0 saturated carbocycles. The Morgan fingerprint density at radius 2 is 2.00 bits per heavy atom. The fourth-order valence-electron chi connectivity index (χ4n) is 1.56. The molecule has 0 bridgehead atoms. The van der Waals surface area contributed by atoms with E-state index >= 15 is 0 Å². The van der Waals surface area contributed by atoms with Crippen molar-refractivity contribution in [2.75, 3.05) is 6.54 Å². The Kier molecular flexibility index (Phi) is 5.83. The lowest BCUT2D eigenvalue weighted by molar-refractivity contribution is 0.592. The van der Waals surface area contributed by atoms with E-state index in [-0.39, 0.29) is 10.8 Å². The van der Waals surface area contributed by atoms with Crippen LogP contribution < -0.4 is 5.32 Å². The molecule has 3 heteroatoms. The molecule has 0 aromatic heterocycles. The molecule has 1 rings (SSSR count). The molecule has 0 spiro atoms. The first-order valence-electron chi connectivity index (χ1n) is 6.29. The van der Waals surface area contributed by atoms with Crippen molar-refractivity contribution in [1.82, 2.24) is 5.32 Å². The lowest BCUT2D eigenvalue weighted by Crippen LogP contribution is -2.26. The van der Waals surface area contributed by atoms with Crippen LogP contribution in [0.5, 0.6) is 0 Å². The van der Waals surface area contributed by atoms with E-state index < -0.39 is 0 Å². The summed E-state index contributed by atoms with van der Waals surface area (Å²) in [5, 5.41) is 3.55. The van der Waals surface area contributed by atoms with Gasteiger partial charge < -0.3 is 5.32 Å². The predicted octanol–water partition coefficient (Wildman–Crippen LogP) is 4.52. The Balaban J connectivity index is 2.89. The summed E-state index contributed by atoms with van der Waals surface area (Å²) < 4.78 is 13.4. The maximum absolute atomic E-state index is 13.4. The molecule has 1 nitrogen and oxygen atoms in total. The van der Waals surface area contributed by atoms with Gasteiger partial charge >= 0.3 is 0 Å². The summed E-state index contributed by atoms with van der Waals surface area (Å²) in [6.45, 7) is 9.32. The van der Waals surface area contributed by atoms with E-state index in [0.29, 0.717) is 12.0 Å². The molecule has 0 radical (unpaired) electrons. The minimum atomic E-state index is -0.370. The van der Waals surface area contributed by atoms with Gasteiger partial charge in [-0.3, -0.25) is 0 Å². The maximum atomic E-state index is 13.4. The van der Waals surface area contributed by atoms with Gasteiger partial charge in [-0.2, -0.15) is 0 Å². The third-order valence-corrected chi connectivity index (χ3v) is 3.06. The van der Waals surface area contributed by atoms with Gasteiger partial charge in [-0.25, -0.2) is 4.39 Å². The molecule has 0 aliphatic heterocycles. The molecule has 0 amide bonds. The Hall–Kier alpha value is -0.860. The molecule has 0 atom stereocenters. The van der Waals surface area contributed by atoms with E-state index in [9.17, 15) is 4.39 Å². The summed E-state index contributed by atoms with van der Waals surface area (Å²) in [5.74, 6) is 0.0559. The van der Waals surface area contributed by atoms with Crippen LogP contribution in [0, 0.1) is 11.7 Å². The second-order valence-corrected chi connectivity index (χ2v) is 5.49. The molecule has 0 heterocycles. The number of rotatable bonds is 5. The highest BCUT2D eigenvalue weighted by molar-refractivity contribution is 6.30. The molecule has 0 aliphatic rings. The average molecular weight is 270 g/mol. The SMILES string of the molecule is CC(C)NCC(=Cc1ccc(Cl)c(F)c1)C(C)C. The second kappa shape index (κ2) is 6.91. The number of benzene rings is 1. The molecule has 1 N–H and O–H groups in total. The Morgan fingerprint density at radius 1 is 1.33 bits per heavy atom. The van der Waals surface area contributed by atoms with Crippen LogP contribution in [0.15, 0.2) is 23.8 Å². The first-order chi connectivity index (χ1) is 8.40. The van der Waals surface area contributed by atoms with Gasteiger partial charge in [0.05, 0.1) is 5.02 Å². The molecule has 0 fully saturated rings. The Labute approximate surface area is 114 Å². The van der Waals surface area contributed by atoms with Gasteiger partial charge in [0.2, 0.25) is 0 Å². The van der Waals surface area contributed by atoms with Crippen LogP contribution in [-0.4, -0.2) is 12.6 Å². The number of hydrogen-bond donors (Lipinski definition) is 1. The zero-order chi connectivity index (χ0) is 13.7. The predicted molar refractivity (Wildman–Crippen MR) is 77.4 cm³/mol. The van der Waals surface area contributed by atoms with Crippen LogP contribution >= 0.6 is 11.6 Å². The molecule has 18 heavy (non-hydrogen) atoms. The van der Waals surface area contributed by atoms with Crippen LogP contribution in [0.2, 0.25) is 5.02 Å². The van der Waals surface area contributed by atoms with Crippen molar-refractivity contribution in [2.45, 2.75) is 33.7 Å². The normalized spacial score (nSPS) is 12.6. The summed E-state index contributed by atoms with van der Waals surface area (Å²) in [4.78, 5) is 0. The van der Waals surface area contributed by atoms with Gasteiger partial charge in [0.15, 0.2) is 0 Å². The van der Waals surface area contributed by atoms with E-state index in [1.54, 1.807) is 6.07 Å². The zero-order valence-electron chi connectivity index (χ0n) is 11.4. The molecule has 1 aromatic carbocycles. The van der Waals surface area contributed by atoms with Crippen LogP contribution in [0.3, 0.4) is 0 Å². The molecular weight excluding hydrogens is 249 g/mol. The van der Waals surface area contributed by atoms with Crippen LogP contribution in [0.25, 0.3) is 6.08 Å². The fourth-order valence-corrected chi connectivity index (χ4v) is 1.68. The Bertz CT molecular complexity index is 425. The van der Waals surface area contributed by atoms with E-state index in [1.807, 2.05) is 12.1 Å². The summed E-state index contributed by atoms with van der Waals surface area (Å²) in [6.07, 6.45) is 2.03. The largest absolute Gasteiger partial charge is 0.311 e. The second-order valence-electron chi connectivity index (χ2n) is 5.08. The van der Waals surface area contributed by atoms with Crippen molar-refractivity contribution < 1.29 is 4.39 Å². The van der Waals surface area contributed by atoms with Crippen molar-refractivity contribution in [3.05, 3.63) is 40.2 Å². The van der Waals surface area contributed by atoms with Gasteiger partial charge in [-0.05, 0) is 23.6 Å². The molecule has 0 saturated heterocycles. The first-order valence-corrected chi connectivity index (χ1v) is 6.67. The lowest BCUT2D eigenvalue weighted by Gasteiger charge is -2.15. The number of hydrogen-bond acceptors (Lipinski definition) is 1. The minimum absolute atomic E-state index is 0.165. The van der Waals surface area contributed by atoms with Gasteiger partial charge in [-0.15, -0.1) is 0 Å². The Morgan fingerprint density at radius 3 is 2.50 bits per heavy atom. The van der Waals surface area contributed by atoms with Crippen molar-refractivity contribution in [3.8, 4) is 0 Å². The topological polar surface area (TPSA) is 12.0 Å². The maximum Gasteiger partial charge on any atom is 0.142 e. The summed E-state index contributed by atoms with van der Waals surface area (Å²) in [7, 11) is 0. The summed E-state index contributed by atoms with van der Waals surface area (Å²) >= 11 is 5.67. The quantitative estimate of drug-likeness (QED) is 0.829. The monoisotopic (exact) mass is 269 g/mol. The highest BCUT2D eigenvalue weighted by Gasteiger charge is 2.06. The van der Waals surface area contributed by atoms with Gasteiger partial charge in [0, 0.05) is 12.6 Å². The summed E-state index contributed by atoms with van der Waals surface area (Å²) in [6, 6.07) is 5.34. The van der Waals surface area contributed by atoms with Gasteiger partial charge in [0.25, 0.3) is 0 Å². The lowest BCUT2D eigenvalue weighted by atomic mass is 10.00. The molecule has 1 aromatic rings. The highest BCUT2D eigenvalue weighted by atomic mass is 35.5. The van der Waals surface area contributed by atoms with Crippen LogP contribution in [0.4, 0.5) is 4.39 Å². The zero-order valence-corrected chi connectivity index (χ0v) is 12.2.